The van der Waals surface area contributed by atoms with Gasteiger partial charge in [-0.3, -0.25) is 9.59 Å². The van der Waals surface area contributed by atoms with Crippen molar-refractivity contribution in [2.24, 2.45) is 0 Å². The van der Waals surface area contributed by atoms with E-state index in [0.717, 1.165) is 27.9 Å². The molecule has 0 unspecified atom stereocenters. The van der Waals surface area contributed by atoms with Crippen LogP contribution in [-0.4, -0.2) is 37.5 Å². The molecule has 1 aliphatic rings. The van der Waals surface area contributed by atoms with Crippen LogP contribution in [0.3, 0.4) is 0 Å². The van der Waals surface area contributed by atoms with Crippen molar-refractivity contribution >= 4 is 17.6 Å². The zero-order valence-electron chi connectivity index (χ0n) is 13.6. The molecule has 2 N–H and O–H groups in total. The molecule has 0 aromatic heterocycles. The highest BCUT2D eigenvalue weighted by atomic mass is 16.7. The van der Waals surface area contributed by atoms with Crippen LogP contribution in [0.15, 0.2) is 6.07 Å². The summed E-state index contributed by atoms with van der Waals surface area (Å²) in [5.41, 5.74) is 5.06. The number of ether oxygens (including phenoxy) is 2. The number of aryl methyl sites for hydroxylation is 2. The number of fused-ring (bicyclic) bond motifs is 1. The fourth-order valence-electron chi connectivity index (χ4n) is 2.95. The van der Waals surface area contributed by atoms with Gasteiger partial charge in [0.15, 0.2) is 0 Å². The van der Waals surface area contributed by atoms with Crippen molar-refractivity contribution < 1.29 is 24.2 Å². The summed E-state index contributed by atoms with van der Waals surface area (Å²) in [6, 6.07) is 2.04. The number of benzene rings is 1. The Morgan fingerprint density at radius 2 is 2.13 bits per heavy atom. The summed E-state index contributed by atoms with van der Waals surface area (Å²) in [7, 11) is 1.57. The first-order valence-electron chi connectivity index (χ1n) is 7.75. The van der Waals surface area contributed by atoms with Gasteiger partial charge in [0.2, 0.25) is 5.91 Å². The predicted octanol–water partition coefficient (Wildman–Crippen LogP) is 2.06. The molecule has 1 aliphatic heterocycles. The Labute approximate surface area is 135 Å². The molecule has 126 valence electrons. The fraction of sp³-hybridized carbons (Fsp3) is 0.529. The second kappa shape index (κ2) is 8.08. The van der Waals surface area contributed by atoms with Crippen LogP contribution in [0.2, 0.25) is 0 Å². The summed E-state index contributed by atoms with van der Waals surface area (Å²) in [5, 5.41) is 11.9. The van der Waals surface area contributed by atoms with Crippen molar-refractivity contribution in [3.05, 3.63) is 28.3 Å². The van der Waals surface area contributed by atoms with Crippen molar-refractivity contribution in [2.45, 2.75) is 39.0 Å². The van der Waals surface area contributed by atoms with Crippen LogP contribution in [0.1, 0.15) is 35.1 Å². The molecule has 6 nitrogen and oxygen atoms in total. The molecule has 1 aromatic rings. The molecule has 0 atom stereocenters. The third kappa shape index (κ3) is 4.53. The Morgan fingerprint density at radius 1 is 1.35 bits per heavy atom. The van der Waals surface area contributed by atoms with E-state index in [9.17, 15) is 9.59 Å². The van der Waals surface area contributed by atoms with Crippen molar-refractivity contribution in [3.63, 3.8) is 0 Å². The maximum atomic E-state index is 11.7. The smallest absolute Gasteiger partial charge is 0.303 e. The number of carbonyl (C=O) groups excluding carboxylic acids is 1. The van der Waals surface area contributed by atoms with E-state index in [1.165, 1.54) is 0 Å². The van der Waals surface area contributed by atoms with E-state index in [4.69, 9.17) is 14.6 Å². The topological polar surface area (TPSA) is 84.9 Å². The highest BCUT2D eigenvalue weighted by Gasteiger charge is 2.21. The summed E-state index contributed by atoms with van der Waals surface area (Å²) in [5.74, 6) is -0.782. The van der Waals surface area contributed by atoms with Gasteiger partial charge in [-0.1, -0.05) is 6.07 Å². The van der Waals surface area contributed by atoms with Gasteiger partial charge in [-0.25, -0.2) is 0 Å². The quantitative estimate of drug-likeness (QED) is 0.565. The number of hydrogen-bond acceptors (Lipinski definition) is 4. The Bertz CT molecular complexity index is 597. The van der Waals surface area contributed by atoms with E-state index in [-0.39, 0.29) is 19.1 Å². The first-order chi connectivity index (χ1) is 11.0. The number of carboxylic acid groups (broad SMARTS) is 1. The molecule has 0 radical (unpaired) electrons. The second-order valence-electron chi connectivity index (χ2n) is 5.68. The van der Waals surface area contributed by atoms with Crippen LogP contribution in [-0.2, 0) is 38.3 Å². The molecule has 0 saturated heterocycles. The van der Waals surface area contributed by atoms with Crippen LogP contribution >= 0.6 is 0 Å². The number of aliphatic carboxylic acids is 1. The molecular weight excluding hydrogens is 298 g/mol. The van der Waals surface area contributed by atoms with Gasteiger partial charge < -0.3 is 19.9 Å². The van der Waals surface area contributed by atoms with Gasteiger partial charge in [0, 0.05) is 25.6 Å². The molecule has 1 heterocycles. The molecule has 1 aromatic carbocycles. The van der Waals surface area contributed by atoms with E-state index in [2.05, 4.69) is 5.32 Å². The van der Waals surface area contributed by atoms with Crippen LogP contribution < -0.4 is 5.32 Å². The number of hydrogen-bond donors (Lipinski definition) is 2. The molecular formula is C17H23NO5. The zero-order valence-corrected chi connectivity index (χ0v) is 13.6. The van der Waals surface area contributed by atoms with E-state index < -0.39 is 5.97 Å². The van der Waals surface area contributed by atoms with Gasteiger partial charge in [-0.15, -0.1) is 0 Å². The van der Waals surface area contributed by atoms with Crippen molar-refractivity contribution in [3.8, 4) is 0 Å². The zero-order chi connectivity index (χ0) is 16.8. The molecule has 0 fully saturated rings. The number of methoxy groups -OCH3 is 1. The maximum absolute atomic E-state index is 11.7. The van der Waals surface area contributed by atoms with Gasteiger partial charge in [-0.05, 0) is 48.4 Å². The van der Waals surface area contributed by atoms with Gasteiger partial charge in [-0.2, -0.15) is 0 Å². The number of carbonyl (C=O) groups is 2. The van der Waals surface area contributed by atoms with E-state index in [0.29, 0.717) is 32.3 Å². The largest absolute Gasteiger partial charge is 0.481 e. The van der Waals surface area contributed by atoms with E-state index in [1.54, 1.807) is 7.11 Å². The first kappa shape index (κ1) is 17.4. The molecule has 0 saturated carbocycles. The van der Waals surface area contributed by atoms with Gasteiger partial charge in [0.1, 0.15) is 6.79 Å². The molecule has 2 rings (SSSR count). The molecule has 0 spiro atoms. The van der Waals surface area contributed by atoms with E-state index in [1.807, 2.05) is 13.0 Å². The van der Waals surface area contributed by atoms with Crippen LogP contribution in [0.4, 0.5) is 5.69 Å². The lowest BCUT2D eigenvalue weighted by Gasteiger charge is -2.24. The summed E-state index contributed by atoms with van der Waals surface area (Å²) in [6.45, 7) is 2.69. The van der Waals surface area contributed by atoms with Crippen molar-refractivity contribution in [1.29, 1.82) is 0 Å². The number of rotatable bonds is 8. The van der Waals surface area contributed by atoms with Crippen molar-refractivity contribution in [1.82, 2.24) is 0 Å². The first-order valence-corrected chi connectivity index (χ1v) is 7.75. The third-order valence-corrected chi connectivity index (χ3v) is 4.08. The maximum Gasteiger partial charge on any atom is 0.303 e. The normalized spacial score (nSPS) is 13.6. The molecule has 0 bridgehead atoms. The number of amides is 1. The average Bonchev–Trinajstić information content (AvgIpc) is 2.52. The Balaban J connectivity index is 2.28. The standard InChI is InChI=1S/C17H23NO5/c1-11-14(7-8-23-10-22-2)12(4-6-16(20)21)9-13-3-5-15(19)18-17(11)13/h9H,3-8,10H2,1-2H3,(H,18,19)(H,20,21). The lowest BCUT2D eigenvalue weighted by atomic mass is 9.88. The highest BCUT2D eigenvalue weighted by molar-refractivity contribution is 5.95. The second-order valence-corrected chi connectivity index (χ2v) is 5.68. The van der Waals surface area contributed by atoms with Crippen LogP contribution in [0.25, 0.3) is 0 Å². The molecule has 23 heavy (non-hydrogen) atoms. The van der Waals surface area contributed by atoms with Gasteiger partial charge in [0.05, 0.1) is 6.61 Å². The summed E-state index contributed by atoms with van der Waals surface area (Å²) in [4.78, 5) is 22.6. The third-order valence-electron chi connectivity index (χ3n) is 4.08. The minimum atomic E-state index is -0.810. The van der Waals surface area contributed by atoms with E-state index >= 15 is 0 Å². The molecule has 1 amide bonds. The summed E-state index contributed by atoms with van der Waals surface area (Å²) in [6.07, 6.45) is 2.41. The average molecular weight is 321 g/mol. The molecule has 6 heteroatoms. The fourth-order valence-corrected chi connectivity index (χ4v) is 2.95. The summed E-state index contributed by atoms with van der Waals surface area (Å²) >= 11 is 0. The minimum absolute atomic E-state index is 0.0282. The lowest BCUT2D eigenvalue weighted by molar-refractivity contribution is -0.137. The van der Waals surface area contributed by atoms with Crippen LogP contribution in [0.5, 0.6) is 0 Å². The SMILES string of the molecule is COCOCCc1c(CCC(=O)O)cc2c(c1C)NC(=O)CC2. The highest BCUT2D eigenvalue weighted by Crippen LogP contribution is 2.32. The monoisotopic (exact) mass is 321 g/mol. The van der Waals surface area contributed by atoms with Crippen LogP contribution in [0, 0.1) is 6.92 Å². The Kier molecular flexibility index (Phi) is 6.12. The number of anilines is 1. The lowest BCUT2D eigenvalue weighted by Crippen LogP contribution is -2.21. The predicted molar refractivity (Wildman–Crippen MR) is 85.6 cm³/mol. The summed E-state index contributed by atoms with van der Waals surface area (Å²) < 4.78 is 10.2. The molecule has 0 aliphatic carbocycles. The Morgan fingerprint density at radius 3 is 2.83 bits per heavy atom. The number of carboxylic acids is 1. The van der Waals surface area contributed by atoms with Gasteiger partial charge in [0.25, 0.3) is 0 Å². The number of nitrogens with one attached hydrogen (secondary N) is 1. The Hall–Kier alpha value is -1.92. The van der Waals surface area contributed by atoms with Crippen molar-refractivity contribution in [2.75, 3.05) is 25.8 Å². The minimum Gasteiger partial charge on any atom is -0.481 e. The van der Waals surface area contributed by atoms with Gasteiger partial charge >= 0.3 is 5.97 Å².